The lowest BCUT2D eigenvalue weighted by Crippen LogP contribution is -2.14. The molecule has 0 aliphatic rings. The summed E-state index contributed by atoms with van der Waals surface area (Å²) in [5.41, 5.74) is 2.05. The molecule has 9 heteroatoms. The summed E-state index contributed by atoms with van der Waals surface area (Å²) in [6, 6.07) is 7.96. The number of hydrogen-bond donors (Lipinski definition) is 1. The standard InChI is InChI=1S/C17H18N4O3S2/c1-3-24-15(23)10-25-17-20-19-16(26-17)18-14(22)8-11-9-21(2)13-7-5-4-6-12(11)13/h4-7,9H,3,8,10H2,1-2H3,(H,18,19,22). The van der Waals surface area contributed by atoms with Crippen LogP contribution >= 0.6 is 23.1 Å². The second-order valence-corrected chi connectivity index (χ2v) is 7.67. The zero-order valence-electron chi connectivity index (χ0n) is 14.4. The zero-order valence-corrected chi connectivity index (χ0v) is 16.0. The number of fused-ring (bicyclic) bond motifs is 1. The van der Waals surface area contributed by atoms with Crippen LogP contribution in [0.15, 0.2) is 34.8 Å². The van der Waals surface area contributed by atoms with Crippen LogP contribution in [-0.4, -0.2) is 39.0 Å². The lowest BCUT2D eigenvalue weighted by atomic mass is 10.1. The Bertz CT molecular complexity index is 935. The molecule has 26 heavy (non-hydrogen) atoms. The molecule has 1 amide bonds. The Morgan fingerprint density at radius 2 is 2.12 bits per heavy atom. The van der Waals surface area contributed by atoms with Crippen molar-refractivity contribution >= 4 is 51.0 Å². The number of hydrogen-bond acceptors (Lipinski definition) is 7. The molecule has 0 aliphatic heterocycles. The van der Waals surface area contributed by atoms with Crippen LogP contribution in [0.25, 0.3) is 10.9 Å². The Morgan fingerprint density at radius 1 is 1.31 bits per heavy atom. The SMILES string of the molecule is CCOC(=O)CSc1nnc(NC(=O)Cc2cn(C)c3ccccc23)s1. The summed E-state index contributed by atoms with van der Waals surface area (Å²) in [5.74, 6) is -0.277. The first-order valence-corrected chi connectivity index (χ1v) is 9.81. The fourth-order valence-electron chi connectivity index (χ4n) is 2.54. The van der Waals surface area contributed by atoms with Crippen molar-refractivity contribution in [2.45, 2.75) is 17.7 Å². The van der Waals surface area contributed by atoms with E-state index < -0.39 is 0 Å². The fraction of sp³-hybridized carbons (Fsp3) is 0.294. The van der Waals surface area contributed by atoms with E-state index in [0.29, 0.717) is 16.1 Å². The predicted octanol–water partition coefficient (Wildman–Crippen LogP) is 2.87. The van der Waals surface area contributed by atoms with Crippen LogP contribution in [0.5, 0.6) is 0 Å². The molecule has 2 heterocycles. The lowest BCUT2D eigenvalue weighted by molar-refractivity contribution is -0.139. The van der Waals surface area contributed by atoms with Gasteiger partial charge in [0.25, 0.3) is 0 Å². The average Bonchev–Trinajstić information content (AvgIpc) is 3.19. The fourth-order valence-corrected chi connectivity index (χ4v) is 4.11. The number of aromatic nitrogens is 3. The van der Waals surface area contributed by atoms with Gasteiger partial charge in [0.05, 0.1) is 18.8 Å². The van der Waals surface area contributed by atoms with Gasteiger partial charge in [-0.25, -0.2) is 0 Å². The number of carbonyl (C=O) groups is 2. The minimum atomic E-state index is -0.297. The topological polar surface area (TPSA) is 86.1 Å². The minimum Gasteiger partial charge on any atom is -0.465 e. The number of amides is 1. The van der Waals surface area contributed by atoms with Gasteiger partial charge >= 0.3 is 5.97 Å². The molecular formula is C17H18N4O3S2. The number of rotatable bonds is 7. The van der Waals surface area contributed by atoms with Gasteiger partial charge in [-0.15, -0.1) is 10.2 Å². The maximum atomic E-state index is 12.3. The Balaban J connectivity index is 1.59. The highest BCUT2D eigenvalue weighted by Gasteiger charge is 2.13. The monoisotopic (exact) mass is 390 g/mol. The van der Waals surface area contributed by atoms with E-state index in [1.165, 1.54) is 23.1 Å². The molecule has 0 atom stereocenters. The molecule has 2 aromatic heterocycles. The van der Waals surface area contributed by atoms with Gasteiger partial charge in [0.1, 0.15) is 0 Å². The predicted molar refractivity (Wildman–Crippen MR) is 103 cm³/mol. The number of thioether (sulfide) groups is 1. The maximum Gasteiger partial charge on any atom is 0.316 e. The number of carbonyl (C=O) groups excluding carboxylic acids is 2. The van der Waals surface area contributed by atoms with E-state index in [-0.39, 0.29) is 24.1 Å². The summed E-state index contributed by atoms with van der Waals surface area (Å²) in [7, 11) is 1.96. The Kier molecular flexibility index (Phi) is 5.89. The molecule has 7 nitrogen and oxygen atoms in total. The number of aryl methyl sites for hydroxylation is 1. The highest BCUT2D eigenvalue weighted by atomic mass is 32.2. The van der Waals surface area contributed by atoms with E-state index in [1.807, 2.05) is 42.1 Å². The second-order valence-electron chi connectivity index (χ2n) is 5.47. The number of esters is 1. The number of nitrogens with one attached hydrogen (secondary N) is 1. The first kappa shape index (κ1) is 18.4. The summed E-state index contributed by atoms with van der Waals surface area (Å²) in [5, 5.41) is 12.2. The molecule has 0 fully saturated rings. The van der Waals surface area contributed by atoms with Crippen molar-refractivity contribution in [3.8, 4) is 0 Å². The second kappa shape index (κ2) is 8.33. The van der Waals surface area contributed by atoms with Crippen LogP contribution < -0.4 is 5.32 Å². The molecule has 1 aromatic carbocycles. The number of para-hydroxylation sites is 1. The molecule has 136 valence electrons. The van der Waals surface area contributed by atoms with Gasteiger partial charge in [-0.05, 0) is 18.6 Å². The van der Waals surface area contributed by atoms with Gasteiger partial charge in [-0.1, -0.05) is 41.3 Å². The van der Waals surface area contributed by atoms with E-state index in [1.54, 1.807) is 6.92 Å². The van der Waals surface area contributed by atoms with Crippen LogP contribution in [-0.2, 0) is 27.8 Å². The van der Waals surface area contributed by atoms with Gasteiger partial charge in [0.2, 0.25) is 11.0 Å². The normalized spacial score (nSPS) is 10.8. The van der Waals surface area contributed by atoms with Gasteiger partial charge in [0.15, 0.2) is 4.34 Å². The Labute approximate surface area is 158 Å². The molecule has 0 aliphatic carbocycles. The quantitative estimate of drug-likeness (QED) is 0.379. The van der Waals surface area contributed by atoms with Gasteiger partial charge in [0, 0.05) is 24.1 Å². The highest BCUT2D eigenvalue weighted by molar-refractivity contribution is 8.01. The van der Waals surface area contributed by atoms with Crippen LogP contribution in [0, 0.1) is 0 Å². The van der Waals surface area contributed by atoms with Gasteiger partial charge in [-0.3, -0.25) is 9.59 Å². The summed E-state index contributed by atoms with van der Waals surface area (Å²) < 4.78 is 7.48. The number of anilines is 1. The van der Waals surface area contributed by atoms with Crippen molar-refractivity contribution in [2.75, 3.05) is 17.7 Å². The number of ether oxygens (including phenoxy) is 1. The first-order valence-electron chi connectivity index (χ1n) is 8.01. The van der Waals surface area contributed by atoms with Crippen molar-refractivity contribution in [3.63, 3.8) is 0 Å². The Hall–Kier alpha value is -2.39. The molecule has 1 N–H and O–H groups in total. The van der Waals surface area contributed by atoms with E-state index in [9.17, 15) is 9.59 Å². The molecule has 0 unspecified atom stereocenters. The first-order chi connectivity index (χ1) is 12.6. The molecule has 0 saturated heterocycles. The molecule has 0 bridgehead atoms. The van der Waals surface area contributed by atoms with E-state index in [2.05, 4.69) is 15.5 Å². The van der Waals surface area contributed by atoms with Crippen LogP contribution in [0.2, 0.25) is 0 Å². The molecule has 0 radical (unpaired) electrons. The summed E-state index contributed by atoms with van der Waals surface area (Å²) in [6.07, 6.45) is 2.22. The lowest BCUT2D eigenvalue weighted by Gasteiger charge is -2.00. The maximum absolute atomic E-state index is 12.3. The third-order valence-corrected chi connectivity index (χ3v) is 5.55. The average molecular weight is 390 g/mol. The summed E-state index contributed by atoms with van der Waals surface area (Å²) >= 11 is 2.48. The summed E-state index contributed by atoms with van der Waals surface area (Å²) in [4.78, 5) is 23.7. The van der Waals surface area contributed by atoms with Crippen molar-refractivity contribution in [1.29, 1.82) is 0 Å². The molecule has 3 rings (SSSR count). The number of benzene rings is 1. The van der Waals surface area contributed by atoms with Gasteiger partial charge in [-0.2, -0.15) is 0 Å². The van der Waals surface area contributed by atoms with Crippen molar-refractivity contribution in [2.24, 2.45) is 7.05 Å². The molecule has 0 saturated carbocycles. The largest absolute Gasteiger partial charge is 0.465 e. The van der Waals surface area contributed by atoms with Crippen LogP contribution in [0.1, 0.15) is 12.5 Å². The van der Waals surface area contributed by atoms with Crippen LogP contribution in [0.3, 0.4) is 0 Å². The molecule has 0 spiro atoms. The molecular weight excluding hydrogens is 372 g/mol. The van der Waals surface area contributed by atoms with Crippen molar-refractivity contribution in [1.82, 2.24) is 14.8 Å². The third kappa shape index (κ3) is 4.41. The highest BCUT2D eigenvalue weighted by Crippen LogP contribution is 2.26. The molecule has 3 aromatic rings. The van der Waals surface area contributed by atoms with Crippen molar-refractivity contribution in [3.05, 3.63) is 36.0 Å². The van der Waals surface area contributed by atoms with E-state index in [4.69, 9.17) is 4.74 Å². The van der Waals surface area contributed by atoms with Gasteiger partial charge < -0.3 is 14.6 Å². The smallest absolute Gasteiger partial charge is 0.316 e. The van der Waals surface area contributed by atoms with Crippen molar-refractivity contribution < 1.29 is 14.3 Å². The zero-order chi connectivity index (χ0) is 18.5. The van der Waals surface area contributed by atoms with Crippen LogP contribution in [0.4, 0.5) is 5.13 Å². The third-order valence-electron chi connectivity index (χ3n) is 3.60. The Morgan fingerprint density at radius 3 is 2.92 bits per heavy atom. The van der Waals surface area contributed by atoms with E-state index >= 15 is 0 Å². The minimum absolute atomic E-state index is 0.153. The number of nitrogens with zero attached hydrogens (tertiary/aromatic N) is 3. The van der Waals surface area contributed by atoms with E-state index in [0.717, 1.165) is 16.5 Å². The summed E-state index contributed by atoms with van der Waals surface area (Å²) in [6.45, 7) is 2.11.